The van der Waals surface area contributed by atoms with Crippen LogP contribution in [0.2, 0.25) is 0 Å². The molecule has 44 valence electrons. The van der Waals surface area contributed by atoms with Crippen LogP contribution in [-0.4, -0.2) is 17.8 Å². The molecule has 0 spiro atoms. The van der Waals surface area contributed by atoms with E-state index in [9.17, 15) is 0 Å². The highest BCUT2D eigenvalue weighted by atomic mass is 15.6. The molecule has 0 aliphatic carbocycles. The molecule has 1 aliphatic rings. The Morgan fingerprint density at radius 2 is 2.62 bits per heavy atom. The third-order valence-electron chi connectivity index (χ3n) is 0.882. The minimum Gasteiger partial charge on any atom is -0.296 e. The van der Waals surface area contributed by atoms with Gasteiger partial charge in [-0.25, -0.2) is 0 Å². The van der Waals surface area contributed by atoms with E-state index >= 15 is 0 Å². The van der Waals surface area contributed by atoms with E-state index in [1.165, 1.54) is 0 Å². The maximum absolute atomic E-state index is 5.07. The van der Waals surface area contributed by atoms with Gasteiger partial charge in [0.05, 0.1) is 6.54 Å². The van der Waals surface area contributed by atoms with Crippen LogP contribution >= 0.6 is 0 Å². The Labute approximate surface area is 47.6 Å². The summed E-state index contributed by atoms with van der Waals surface area (Å²) in [6.07, 6.45) is 5.20. The third kappa shape index (κ3) is 1.05. The van der Waals surface area contributed by atoms with Crippen molar-refractivity contribution < 1.29 is 0 Å². The van der Waals surface area contributed by atoms with E-state index in [4.69, 9.17) is 5.84 Å². The Morgan fingerprint density at radius 3 is 3.00 bits per heavy atom. The number of hydrogen-bond acceptors (Lipinski definition) is 4. The standard InChI is InChI=1S/C4H8N4/c5-7-8-3-1-6-2-4-8/h1-3,7H,4-5H2. The molecular weight excluding hydrogens is 104 g/mol. The van der Waals surface area contributed by atoms with Crippen molar-refractivity contribution in [2.75, 3.05) is 6.54 Å². The molecule has 0 aromatic carbocycles. The molecule has 3 N–H and O–H groups in total. The van der Waals surface area contributed by atoms with Gasteiger partial charge in [0, 0.05) is 18.6 Å². The molecule has 0 saturated heterocycles. The summed E-state index contributed by atoms with van der Waals surface area (Å²) in [6, 6.07) is 0. The Balaban J connectivity index is 2.40. The van der Waals surface area contributed by atoms with Crippen LogP contribution in [0, 0.1) is 0 Å². The molecule has 0 atom stereocenters. The van der Waals surface area contributed by atoms with E-state index in [2.05, 4.69) is 10.5 Å². The fourth-order valence-corrected chi connectivity index (χ4v) is 0.472. The van der Waals surface area contributed by atoms with E-state index in [1.807, 2.05) is 0 Å². The van der Waals surface area contributed by atoms with Crippen LogP contribution in [0.4, 0.5) is 0 Å². The van der Waals surface area contributed by atoms with Gasteiger partial charge in [0.15, 0.2) is 0 Å². The molecule has 0 radical (unpaired) electrons. The highest BCUT2D eigenvalue weighted by Crippen LogP contribution is 1.86. The predicted molar refractivity (Wildman–Crippen MR) is 31.7 cm³/mol. The molecule has 4 heteroatoms. The van der Waals surface area contributed by atoms with Crippen molar-refractivity contribution in [1.29, 1.82) is 0 Å². The lowest BCUT2D eigenvalue weighted by Crippen LogP contribution is -2.40. The monoisotopic (exact) mass is 112 g/mol. The summed E-state index contributed by atoms with van der Waals surface area (Å²) in [4.78, 5) is 3.83. The molecule has 0 bridgehead atoms. The highest BCUT2D eigenvalue weighted by molar-refractivity contribution is 5.61. The number of nitrogens with zero attached hydrogens (tertiary/aromatic N) is 2. The van der Waals surface area contributed by atoms with E-state index in [-0.39, 0.29) is 0 Å². The summed E-state index contributed by atoms with van der Waals surface area (Å²) in [5.74, 6) is 5.07. The van der Waals surface area contributed by atoms with Gasteiger partial charge in [0.25, 0.3) is 0 Å². The summed E-state index contributed by atoms with van der Waals surface area (Å²) in [6.45, 7) is 0.729. The second-order valence-electron chi connectivity index (χ2n) is 1.41. The van der Waals surface area contributed by atoms with E-state index < -0.39 is 0 Å². The normalized spacial score (nSPS) is 17.4. The lowest BCUT2D eigenvalue weighted by Gasteiger charge is -2.16. The first-order valence-corrected chi connectivity index (χ1v) is 2.34. The Kier molecular flexibility index (Phi) is 1.61. The van der Waals surface area contributed by atoms with Gasteiger partial charge < -0.3 is 0 Å². The van der Waals surface area contributed by atoms with E-state index in [1.54, 1.807) is 23.6 Å². The van der Waals surface area contributed by atoms with Gasteiger partial charge >= 0.3 is 0 Å². The summed E-state index contributed by atoms with van der Waals surface area (Å²) >= 11 is 0. The van der Waals surface area contributed by atoms with Gasteiger partial charge in [-0.15, -0.1) is 0 Å². The molecule has 0 aromatic heterocycles. The Hall–Kier alpha value is -0.870. The first kappa shape index (κ1) is 5.27. The molecule has 4 nitrogen and oxygen atoms in total. The molecule has 1 heterocycles. The second kappa shape index (κ2) is 2.44. The number of nitrogens with two attached hydrogens (primary N) is 1. The van der Waals surface area contributed by atoms with Gasteiger partial charge in [-0.2, -0.15) is 5.53 Å². The number of hydrazine groups is 2. The van der Waals surface area contributed by atoms with Crippen molar-refractivity contribution in [1.82, 2.24) is 10.5 Å². The lowest BCUT2D eigenvalue weighted by atomic mass is 10.6. The molecule has 0 amide bonds. The predicted octanol–water partition coefficient (Wildman–Crippen LogP) is -0.778. The van der Waals surface area contributed by atoms with Crippen LogP contribution in [-0.2, 0) is 0 Å². The topological polar surface area (TPSA) is 53.6 Å². The minimum absolute atomic E-state index is 0.729. The first-order valence-electron chi connectivity index (χ1n) is 2.34. The van der Waals surface area contributed by atoms with Crippen LogP contribution in [0.1, 0.15) is 0 Å². The lowest BCUT2D eigenvalue weighted by molar-refractivity contribution is 0.311. The van der Waals surface area contributed by atoms with Crippen molar-refractivity contribution in [3.05, 3.63) is 12.4 Å². The van der Waals surface area contributed by atoms with Gasteiger partial charge in [-0.1, -0.05) is 0 Å². The molecular formula is C4H8N4. The zero-order valence-corrected chi connectivity index (χ0v) is 4.41. The zero-order valence-electron chi connectivity index (χ0n) is 4.41. The molecule has 0 aromatic rings. The minimum atomic E-state index is 0.729. The van der Waals surface area contributed by atoms with Crippen molar-refractivity contribution in [2.24, 2.45) is 10.8 Å². The van der Waals surface area contributed by atoms with Crippen molar-refractivity contribution >= 4 is 6.21 Å². The van der Waals surface area contributed by atoms with Crippen LogP contribution in [0.25, 0.3) is 0 Å². The number of aliphatic imine (C=N–C) groups is 1. The van der Waals surface area contributed by atoms with Gasteiger partial charge in [-0.3, -0.25) is 15.8 Å². The van der Waals surface area contributed by atoms with Crippen LogP contribution in [0.15, 0.2) is 17.4 Å². The maximum atomic E-state index is 5.07. The quantitative estimate of drug-likeness (QED) is 0.345. The van der Waals surface area contributed by atoms with E-state index in [0.717, 1.165) is 6.54 Å². The van der Waals surface area contributed by atoms with E-state index in [0.29, 0.717) is 0 Å². The molecule has 8 heavy (non-hydrogen) atoms. The summed E-state index contributed by atoms with van der Waals surface area (Å²) in [5, 5.41) is 1.72. The number of nitrogens with one attached hydrogen (secondary N) is 1. The Morgan fingerprint density at radius 1 is 1.75 bits per heavy atom. The molecule has 1 aliphatic heterocycles. The summed E-state index contributed by atoms with van der Waals surface area (Å²) < 4.78 is 0. The summed E-state index contributed by atoms with van der Waals surface area (Å²) in [7, 11) is 0. The van der Waals surface area contributed by atoms with Gasteiger partial charge in [0.2, 0.25) is 0 Å². The smallest absolute Gasteiger partial charge is 0.0704 e. The van der Waals surface area contributed by atoms with Crippen LogP contribution in [0.3, 0.4) is 0 Å². The molecule has 0 unspecified atom stereocenters. The average molecular weight is 112 g/mol. The Bertz CT molecular complexity index is 117. The SMILES string of the molecule is NNN1C=CN=CC1. The van der Waals surface area contributed by atoms with Gasteiger partial charge in [0.1, 0.15) is 0 Å². The largest absolute Gasteiger partial charge is 0.296 e. The fourth-order valence-electron chi connectivity index (χ4n) is 0.472. The fraction of sp³-hybridized carbons (Fsp3) is 0.250. The number of hydrogen-bond donors (Lipinski definition) is 2. The summed E-state index contributed by atoms with van der Waals surface area (Å²) in [5.41, 5.74) is 2.46. The zero-order chi connectivity index (χ0) is 5.82. The van der Waals surface area contributed by atoms with Gasteiger partial charge in [-0.05, 0) is 0 Å². The molecule has 1 rings (SSSR count). The average Bonchev–Trinajstić information content (AvgIpc) is 1.90. The van der Waals surface area contributed by atoms with Crippen LogP contribution in [0.5, 0.6) is 0 Å². The van der Waals surface area contributed by atoms with Crippen molar-refractivity contribution in [2.45, 2.75) is 0 Å². The van der Waals surface area contributed by atoms with Crippen molar-refractivity contribution in [3.63, 3.8) is 0 Å². The third-order valence-corrected chi connectivity index (χ3v) is 0.882. The second-order valence-corrected chi connectivity index (χ2v) is 1.41. The molecule has 0 saturated carbocycles. The maximum Gasteiger partial charge on any atom is 0.0704 e. The highest BCUT2D eigenvalue weighted by Gasteiger charge is 1.92. The number of rotatable bonds is 1. The first-order chi connectivity index (χ1) is 3.93. The molecule has 0 fully saturated rings. The van der Waals surface area contributed by atoms with Crippen LogP contribution < -0.4 is 11.4 Å². The van der Waals surface area contributed by atoms with Crippen molar-refractivity contribution in [3.8, 4) is 0 Å².